The molecule has 0 saturated heterocycles. The van der Waals surface area contributed by atoms with Crippen LogP contribution in [0.15, 0.2) is 12.3 Å². The third kappa shape index (κ3) is 3.39. The van der Waals surface area contributed by atoms with E-state index in [1.165, 1.54) is 4.88 Å². The second-order valence-corrected chi connectivity index (χ2v) is 5.39. The van der Waals surface area contributed by atoms with E-state index in [0.29, 0.717) is 5.95 Å². The first-order chi connectivity index (χ1) is 9.12. The highest BCUT2D eigenvalue weighted by atomic mass is 32.1. The van der Waals surface area contributed by atoms with Gasteiger partial charge < -0.3 is 5.32 Å². The summed E-state index contributed by atoms with van der Waals surface area (Å²) in [4.78, 5) is 14.1. The Morgan fingerprint density at radius 2 is 2.21 bits per heavy atom. The molecule has 2 rings (SSSR count). The van der Waals surface area contributed by atoms with E-state index in [4.69, 9.17) is 5.84 Å². The smallest absolute Gasteiger partial charge is 0.239 e. The van der Waals surface area contributed by atoms with Crippen LogP contribution in [-0.2, 0) is 6.42 Å². The molecule has 0 fully saturated rings. The molecule has 7 heteroatoms. The third-order valence-electron chi connectivity index (χ3n) is 2.64. The topological polar surface area (TPSA) is 88.8 Å². The summed E-state index contributed by atoms with van der Waals surface area (Å²) in [6.45, 7) is 6.09. The fraction of sp³-hybridized carbons (Fsp3) is 0.417. The first-order valence-corrected chi connectivity index (χ1v) is 6.97. The first kappa shape index (κ1) is 13.7. The zero-order valence-electron chi connectivity index (χ0n) is 11.3. The van der Waals surface area contributed by atoms with Crippen LogP contribution in [0.4, 0.5) is 11.8 Å². The number of hydrazine groups is 1. The van der Waals surface area contributed by atoms with Gasteiger partial charge in [0, 0.05) is 22.8 Å². The molecule has 0 bridgehead atoms. The number of nitrogens with two attached hydrogens (primary N) is 1. The van der Waals surface area contributed by atoms with Gasteiger partial charge in [-0.2, -0.15) is 4.98 Å². The standard InChI is InChI=1S/C12H18N6S/c1-4-9-6-14-11(19-9)8(3)16-10-5-7(2)15-12(17-10)18-13/h5-6,8H,4,13H2,1-3H3,(H2,15,16,17,18). The Hall–Kier alpha value is -1.73. The van der Waals surface area contributed by atoms with Gasteiger partial charge >= 0.3 is 0 Å². The zero-order chi connectivity index (χ0) is 13.8. The quantitative estimate of drug-likeness (QED) is 0.574. The summed E-state index contributed by atoms with van der Waals surface area (Å²) in [5, 5.41) is 4.36. The molecule has 102 valence electrons. The van der Waals surface area contributed by atoms with E-state index >= 15 is 0 Å². The molecule has 0 aliphatic heterocycles. The lowest BCUT2D eigenvalue weighted by atomic mass is 10.3. The van der Waals surface area contributed by atoms with Gasteiger partial charge in [0.1, 0.15) is 10.8 Å². The van der Waals surface area contributed by atoms with Crippen molar-refractivity contribution in [2.24, 2.45) is 5.84 Å². The van der Waals surface area contributed by atoms with Crippen LogP contribution >= 0.6 is 11.3 Å². The summed E-state index contributed by atoms with van der Waals surface area (Å²) in [5.74, 6) is 6.48. The van der Waals surface area contributed by atoms with Gasteiger partial charge in [-0.1, -0.05) is 6.92 Å². The predicted octanol–water partition coefficient (Wildman–Crippen LogP) is 2.26. The molecule has 0 aliphatic carbocycles. The number of nitrogens with zero attached hydrogens (tertiary/aromatic N) is 3. The average Bonchev–Trinajstić information content (AvgIpc) is 2.86. The number of hydrogen-bond donors (Lipinski definition) is 3. The van der Waals surface area contributed by atoms with Gasteiger partial charge in [0.2, 0.25) is 5.95 Å². The minimum absolute atomic E-state index is 0.102. The Bertz CT molecular complexity index is 553. The molecule has 6 nitrogen and oxygen atoms in total. The van der Waals surface area contributed by atoms with Gasteiger partial charge in [0.25, 0.3) is 0 Å². The maximum Gasteiger partial charge on any atom is 0.239 e. The van der Waals surface area contributed by atoms with Crippen molar-refractivity contribution in [3.05, 3.63) is 27.8 Å². The highest BCUT2D eigenvalue weighted by Crippen LogP contribution is 2.23. The number of rotatable bonds is 5. The summed E-state index contributed by atoms with van der Waals surface area (Å²) in [6, 6.07) is 1.98. The Morgan fingerprint density at radius 3 is 2.84 bits per heavy atom. The lowest BCUT2D eigenvalue weighted by molar-refractivity contribution is 0.857. The van der Waals surface area contributed by atoms with Crippen molar-refractivity contribution >= 4 is 23.1 Å². The summed E-state index contributed by atoms with van der Waals surface area (Å²) in [7, 11) is 0. The molecule has 0 aliphatic rings. The van der Waals surface area contributed by atoms with Crippen molar-refractivity contribution in [3.8, 4) is 0 Å². The van der Waals surface area contributed by atoms with Crippen LogP contribution < -0.4 is 16.6 Å². The summed E-state index contributed by atoms with van der Waals surface area (Å²) in [5.41, 5.74) is 3.31. The van der Waals surface area contributed by atoms with E-state index < -0.39 is 0 Å². The summed E-state index contributed by atoms with van der Waals surface area (Å²) < 4.78 is 0. The highest BCUT2D eigenvalue weighted by molar-refractivity contribution is 7.11. The number of nitrogens with one attached hydrogen (secondary N) is 2. The lowest BCUT2D eigenvalue weighted by Gasteiger charge is -2.13. The fourth-order valence-electron chi connectivity index (χ4n) is 1.68. The Kier molecular flexibility index (Phi) is 4.28. The van der Waals surface area contributed by atoms with E-state index in [9.17, 15) is 0 Å². The van der Waals surface area contributed by atoms with Crippen LogP contribution in [0.5, 0.6) is 0 Å². The zero-order valence-corrected chi connectivity index (χ0v) is 12.1. The monoisotopic (exact) mass is 278 g/mol. The molecular formula is C12H18N6S. The van der Waals surface area contributed by atoms with Gasteiger partial charge in [-0.15, -0.1) is 11.3 Å². The van der Waals surface area contributed by atoms with Gasteiger partial charge in [-0.3, -0.25) is 5.43 Å². The van der Waals surface area contributed by atoms with Crippen LogP contribution in [0.1, 0.15) is 35.5 Å². The molecule has 0 aromatic carbocycles. The van der Waals surface area contributed by atoms with Crippen molar-refractivity contribution in [3.63, 3.8) is 0 Å². The first-order valence-electron chi connectivity index (χ1n) is 6.15. The summed E-state index contributed by atoms with van der Waals surface area (Å²) in [6.07, 6.45) is 2.94. The third-order valence-corrected chi connectivity index (χ3v) is 3.96. The molecule has 1 unspecified atom stereocenters. The van der Waals surface area contributed by atoms with Crippen LogP contribution in [0.2, 0.25) is 0 Å². The maximum atomic E-state index is 5.34. The molecule has 0 saturated carbocycles. The lowest BCUT2D eigenvalue weighted by Crippen LogP contribution is -2.14. The van der Waals surface area contributed by atoms with E-state index in [-0.39, 0.29) is 6.04 Å². The molecule has 0 amide bonds. The van der Waals surface area contributed by atoms with Gasteiger partial charge in [0.15, 0.2) is 0 Å². The maximum absolute atomic E-state index is 5.34. The van der Waals surface area contributed by atoms with Crippen LogP contribution in [0.25, 0.3) is 0 Å². The van der Waals surface area contributed by atoms with Gasteiger partial charge in [-0.25, -0.2) is 15.8 Å². The number of aryl methyl sites for hydroxylation is 2. The van der Waals surface area contributed by atoms with Crippen molar-refractivity contribution < 1.29 is 0 Å². The van der Waals surface area contributed by atoms with Crippen molar-refractivity contribution in [1.29, 1.82) is 0 Å². The Morgan fingerprint density at radius 1 is 1.42 bits per heavy atom. The molecular weight excluding hydrogens is 260 g/mol. The van der Waals surface area contributed by atoms with E-state index in [2.05, 4.69) is 39.5 Å². The van der Waals surface area contributed by atoms with Crippen molar-refractivity contribution in [2.75, 3.05) is 10.7 Å². The fourth-order valence-corrected chi connectivity index (χ4v) is 2.54. The molecule has 19 heavy (non-hydrogen) atoms. The SMILES string of the molecule is CCc1cnc(C(C)Nc2cc(C)nc(NN)n2)s1. The minimum Gasteiger partial charge on any atom is -0.361 e. The Labute approximate surface area is 116 Å². The normalized spacial score (nSPS) is 12.2. The van der Waals surface area contributed by atoms with Gasteiger partial charge in [-0.05, 0) is 20.3 Å². The average molecular weight is 278 g/mol. The molecule has 2 heterocycles. The molecule has 4 N–H and O–H groups in total. The van der Waals surface area contributed by atoms with Gasteiger partial charge in [0.05, 0.1) is 6.04 Å². The number of hydrogen-bond acceptors (Lipinski definition) is 7. The molecule has 1 atom stereocenters. The number of nitrogen functional groups attached to an aromatic ring is 1. The summed E-state index contributed by atoms with van der Waals surface area (Å²) >= 11 is 1.72. The predicted molar refractivity (Wildman–Crippen MR) is 78.1 cm³/mol. The minimum atomic E-state index is 0.102. The van der Waals surface area contributed by atoms with Crippen LogP contribution in [-0.4, -0.2) is 15.0 Å². The second-order valence-electron chi connectivity index (χ2n) is 4.25. The molecule has 2 aromatic rings. The molecule has 0 spiro atoms. The van der Waals surface area contributed by atoms with E-state index in [1.54, 1.807) is 11.3 Å². The van der Waals surface area contributed by atoms with Crippen LogP contribution in [0, 0.1) is 6.92 Å². The molecule has 0 radical (unpaired) electrons. The largest absolute Gasteiger partial charge is 0.361 e. The van der Waals surface area contributed by atoms with Crippen LogP contribution in [0.3, 0.4) is 0 Å². The second kappa shape index (κ2) is 5.94. The Balaban J connectivity index is 2.13. The van der Waals surface area contributed by atoms with E-state index in [1.807, 2.05) is 19.2 Å². The number of thiazole rings is 1. The highest BCUT2D eigenvalue weighted by Gasteiger charge is 2.11. The van der Waals surface area contributed by atoms with Crippen molar-refractivity contribution in [1.82, 2.24) is 15.0 Å². The van der Waals surface area contributed by atoms with Crippen molar-refractivity contribution in [2.45, 2.75) is 33.2 Å². The van der Waals surface area contributed by atoms with E-state index in [0.717, 1.165) is 22.9 Å². The molecule has 2 aromatic heterocycles. The number of aromatic nitrogens is 3. The number of anilines is 2.